The summed E-state index contributed by atoms with van der Waals surface area (Å²) in [7, 11) is -3.60. The Kier molecular flexibility index (Phi) is 6.55. The third-order valence-corrected chi connectivity index (χ3v) is 5.25. The van der Waals surface area contributed by atoms with Crippen molar-refractivity contribution in [3.05, 3.63) is 24.0 Å². The van der Waals surface area contributed by atoms with Crippen molar-refractivity contribution in [1.82, 2.24) is 14.6 Å². The molecule has 0 spiro atoms. The zero-order valence-electron chi connectivity index (χ0n) is 11.8. The molecule has 0 amide bonds. The normalized spacial score (nSPS) is 18.2. The number of nitriles is 1. The molecule has 1 unspecified atom stereocenters. The molecule has 0 aromatic carbocycles. The van der Waals surface area contributed by atoms with Crippen LogP contribution in [0.15, 0.2) is 23.4 Å². The van der Waals surface area contributed by atoms with Crippen LogP contribution in [-0.4, -0.2) is 43.4 Å². The van der Waals surface area contributed by atoms with Crippen molar-refractivity contribution in [3.8, 4) is 6.07 Å². The number of nitrogens with zero attached hydrogens (tertiary/aromatic N) is 3. The van der Waals surface area contributed by atoms with Gasteiger partial charge in [-0.15, -0.1) is 12.4 Å². The fraction of sp³-hybridized carbons (Fsp3) is 0.538. The fourth-order valence-corrected chi connectivity index (χ4v) is 4.10. The van der Waals surface area contributed by atoms with Gasteiger partial charge in [0.05, 0.1) is 5.56 Å². The Morgan fingerprint density at radius 3 is 2.86 bits per heavy atom. The van der Waals surface area contributed by atoms with E-state index in [-0.39, 0.29) is 28.9 Å². The van der Waals surface area contributed by atoms with E-state index in [4.69, 9.17) is 5.26 Å². The zero-order chi connectivity index (χ0) is 14.6. The van der Waals surface area contributed by atoms with Gasteiger partial charge in [-0.2, -0.15) is 9.57 Å². The largest absolute Gasteiger partial charge is 0.315 e. The highest BCUT2D eigenvalue weighted by Gasteiger charge is 2.32. The molecule has 0 radical (unpaired) electrons. The summed E-state index contributed by atoms with van der Waals surface area (Å²) in [5.74, 6) is 0. The van der Waals surface area contributed by atoms with Crippen molar-refractivity contribution in [2.45, 2.75) is 30.7 Å². The second-order valence-electron chi connectivity index (χ2n) is 4.78. The summed E-state index contributed by atoms with van der Waals surface area (Å²) in [6.07, 6.45) is 4.23. The van der Waals surface area contributed by atoms with Crippen LogP contribution in [0.3, 0.4) is 0 Å². The molecule has 1 aromatic heterocycles. The zero-order valence-corrected chi connectivity index (χ0v) is 13.5. The van der Waals surface area contributed by atoms with Gasteiger partial charge < -0.3 is 5.32 Å². The van der Waals surface area contributed by atoms with Crippen molar-refractivity contribution in [1.29, 1.82) is 5.26 Å². The van der Waals surface area contributed by atoms with E-state index in [9.17, 15) is 8.42 Å². The van der Waals surface area contributed by atoms with Gasteiger partial charge in [-0.1, -0.05) is 6.92 Å². The molecule has 1 fully saturated rings. The maximum atomic E-state index is 12.7. The third kappa shape index (κ3) is 3.92. The summed E-state index contributed by atoms with van der Waals surface area (Å²) in [5, 5.41) is 12.1. The predicted octanol–water partition coefficient (Wildman–Crippen LogP) is 1.14. The molecule has 0 saturated carbocycles. The third-order valence-electron chi connectivity index (χ3n) is 3.33. The molecular formula is C13H19ClN4O2S. The van der Waals surface area contributed by atoms with E-state index in [0.29, 0.717) is 13.1 Å². The first-order chi connectivity index (χ1) is 9.59. The van der Waals surface area contributed by atoms with Gasteiger partial charge in [0, 0.05) is 31.5 Å². The lowest BCUT2D eigenvalue weighted by Crippen LogP contribution is -2.42. The fourth-order valence-electron chi connectivity index (χ4n) is 2.36. The maximum absolute atomic E-state index is 12.7. The summed E-state index contributed by atoms with van der Waals surface area (Å²) in [5.41, 5.74) is 0.257. The van der Waals surface area contributed by atoms with Gasteiger partial charge in [-0.05, 0) is 25.5 Å². The monoisotopic (exact) mass is 330 g/mol. The molecular weight excluding hydrogens is 312 g/mol. The van der Waals surface area contributed by atoms with E-state index >= 15 is 0 Å². The number of halogens is 1. The van der Waals surface area contributed by atoms with Crippen LogP contribution in [0, 0.1) is 11.3 Å². The van der Waals surface area contributed by atoms with E-state index in [1.165, 1.54) is 22.8 Å². The molecule has 1 aromatic rings. The number of hydrogen-bond donors (Lipinski definition) is 1. The minimum absolute atomic E-state index is 0. The van der Waals surface area contributed by atoms with Crippen molar-refractivity contribution in [2.24, 2.45) is 0 Å². The first-order valence-electron chi connectivity index (χ1n) is 6.67. The van der Waals surface area contributed by atoms with Crippen molar-refractivity contribution >= 4 is 22.4 Å². The van der Waals surface area contributed by atoms with Crippen molar-refractivity contribution in [3.63, 3.8) is 0 Å². The SMILES string of the molecule is CCCN(C1CCNC1)S(=O)(=O)c1cncc(C#N)c1.Cl. The molecule has 0 aliphatic carbocycles. The van der Waals surface area contributed by atoms with Gasteiger partial charge >= 0.3 is 0 Å². The molecule has 6 nitrogen and oxygen atoms in total. The Balaban J connectivity index is 0.00000220. The summed E-state index contributed by atoms with van der Waals surface area (Å²) >= 11 is 0. The molecule has 8 heteroatoms. The van der Waals surface area contributed by atoms with Gasteiger partial charge in [0.2, 0.25) is 10.0 Å². The lowest BCUT2D eigenvalue weighted by Gasteiger charge is -2.27. The summed E-state index contributed by atoms with van der Waals surface area (Å²) in [6.45, 7) is 3.93. The van der Waals surface area contributed by atoms with E-state index < -0.39 is 10.0 Å². The van der Waals surface area contributed by atoms with E-state index in [2.05, 4.69) is 10.3 Å². The first-order valence-corrected chi connectivity index (χ1v) is 8.11. The van der Waals surface area contributed by atoms with Gasteiger partial charge in [0.25, 0.3) is 0 Å². The summed E-state index contributed by atoms with van der Waals surface area (Å²) < 4.78 is 27.0. The molecule has 116 valence electrons. The topological polar surface area (TPSA) is 86.1 Å². The van der Waals surface area contributed by atoms with Gasteiger partial charge in [-0.3, -0.25) is 4.98 Å². The van der Waals surface area contributed by atoms with Gasteiger partial charge in [-0.25, -0.2) is 8.42 Å². The van der Waals surface area contributed by atoms with Crippen LogP contribution in [0.5, 0.6) is 0 Å². The number of aromatic nitrogens is 1. The van der Waals surface area contributed by atoms with Crippen LogP contribution in [0.25, 0.3) is 0 Å². The van der Waals surface area contributed by atoms with Crippen LogP contribution in [0.1, 0.15) is 25.3 Å². The molecule has 2 heterocycles. The number of rotatable bonds is 5. The molecule has 1 atom stereocenters. The highest BCUT2D eigenvalue weighted by molar-refractivity contribution is 7.89. The van der Waals surface area contributed by atoms with Crippen LogP contribution in [-0.2, 0) is 10.0 Å². The number of sulfonamides is 1. The molecule has 1 aliphatic heterocycles. The van der Waals surface area contributed by atoms with Crippen LogP contribution in [0.2, 0.25) is 0 Å². The number of hydrogen-bond acceptors (Lipinski definition) is 5. The molecule has 0 bridgehead atoms. The van der Waals surface area contributed by atoms with Crippen molar-refractivity contribution < 1.29 is 8.42 Å². The summed E-state index contributed by atoms with van der Waals surface area (Å²) in [6, 6.07) is 3.28. The van der Waals surface area contributed by atoms with Crippen molar-refractivity contribution in [2.75, 3.05) is 19.6 Å². The smallest absolute Gasteiger partial charge is 0.244 e. The maximum Gasteiger partial charge on any atom is 0.244 e. The molecule has 1 saturated heterocycles. The number of pyridine rings is 1. The lowest BCUT2D eigenvalue weighted by molar-refractivity contribution is 0.335. The van der Waals surface area contributed by atoms with Crippen LogP contribution >= 0.6 is 12.4 Å². The Morgan fingerprint density at radius 2 is 2.29 bits per heavy atom. The average Bonchev–Trinajstić information content (AvgIpc) is 2.98. The van der Waals surface area contributed by atoms with Gasteiger partial charge in [0.1, 0.15) is 11.0 Å². The first kappa shape index (κ1) is 17.9. The Hall–Kier alpha value is -1.20. The Morgan fingerprint density at radius 1 is 1.52 bits per heavy atom. The van der Waals surface area contributed by atoms with Crippen LogP contribution in [0.4, 0.5) is 0 Å². The highest BCUT2D eigenvalue weighted by atomic mass is 35.5. The van der Waals surface area contributed by atoms with Gasteiger partial charge in [0.15, 0.2) is 0 Å². The number of nitrogens with one attached hydrogen (secondary N) is 1. The van der Waals surface area contributed by atoms with Crippen LogP contribution < -0.4 is 5.32 Å². The molecule has 1 aliphatic rings. The standard InChI is InChI=1S/C13H18N4O2S.ClH/c1-2-5-17(12-3-4-15-9-12)20(18,19)13-6-11(7-14)8-16-10-13;/h6,8,10,12,15H,2-5,9H2,1H3;1H. The predicted molar refractivity (Wildman–Crippen MR) is 81.7 cm³/mol. The molecule has 2 rings (SSSR count). The minimum Gasteiger partial charge on any atom is -0.315 e. The average molecular weight is 331 g/mol. The second-order valence-corrected chi connectivity index (χ2v) is 6.67. The summed E-state index contributed by atoms with van der Waals surface area (Å²) in [4.78, 5) is 3.94. The lowest BCUT2D eigenvalue weighted by atomic mass is 10.2. The minimum atomic E-state index is -3.60. The quantitative estimate of drug-likeness (QED) is 0.874. The Bertz CT molecular complexity index is 609. The molecule has 1 N–H and O–H groups in total. The van der Waals surface area contributed by atoms with E-state index in [1.807, 2.05) is 13.0 Å². The second kappa shape index (κ2) is 7.71. The molecule has 21 heavy (non-hydrogen) atoms. The highest BCUT2D eigenvalue weighted by Crippen LogP contribution is 2.21. The van der Waals surface area contributed by atoms with E-state index in [0.717, 1.165) is 19.4 Å². The Labute approximate surface area is 131 Å². The van der Waals surface area contributed by atoms with E-state index in [1.54, 1.807) is 0 Å².